The highest BCUT2D eigenvalue weighted by Gasteiger charge is 2.66. The molecule has 3 saturated carbocycles. The molecule has 4 aliphatic carbocycles. The number of aliphatic hydroxyl groups excluding tert-OH is 1. The molecule has 0 aromatic rings. The van der Waals surface area contributed by atoms with E-state index in [2.05, 4.69) is 47.6 Å². The Bertz CT molecular complexity index is 906. The summed E-state index contributed by atoms with van der Waals surface area (Å²) in [5.74, 6) is 1.88. The molecule has 0 amide bonds. The van der Waals surface area contributed by atoms with Crippen molar-refractivity contribution in [2.24, 2.45) is 45.3 Å². The number of rotatable bonds is 4. The normalized spacial score (nSPS) is 44.8. The lowest BCUT2D eigenvalue weighted by molar-refractivity contribution is -0.156. The van der Waals surface area contributed by atoms with Crippen LogP contribution in [0, 0.1) is 45.3 Å². The number of allylic oxidation sites excluding steroid dienone is 3. The molecule has 0 heterocycles. The summed E-state index contributed by atoms with van der Waals surface area (Å²) < 4.78 is 0. The van der Waals surface area contributed by atoms with Crippen LogP contribution in [-0.2, 0) is 9.59 Å². The quantitative estimate of drug-likeness (QED) is 0.380. The number of carbonyl (C=O) groups is 2. The first kappa shape index (κ1) is 24.9. The highest BCUT2D eigenvalue weighted by molar-refractivity contribution is 5.90. The third kappa shape index (κ3) is 3.46. The van der Waals surface area contributed by atoms with E-state index in [1.165, 1.54) is 12.0 Å². The molecule has 3 fully saturated rings. The van der Waals surface area contributed by atoms with Gasteiger partial charge in [0, 0.05) is 24.2 Å². The highest BCUT2D eigenvalue weighted by Crippen LogP contribution is 2.73. The van der Waals surface area contributed by atoms with Crippen molar-refractivity contribution in [1.29, 1.82) is 0 Å². The molecule has 3 nitrogen and oxygen atoms in total. The van der Waals surface area contributed by atoms with Gasteiger partial charge < -0.3 is 5.11 Å². The molecule has 0 radical (unpaired) electrons. The summed E-state index contributed by atoms with van der Waals surface area (Å²) in [7, 11) is 0. The Balaban J connectivity index is 1.69. The molecule has 8 atom stereocenters. The van der Waals surface area contributed by atoms with Crippen molar-refractivity contribution in [2.75, 3.05) is 0 Å². The summed E-state index contributed by atoms with van der Waals surface area (Å²) in [5.41, 5.74) is 2.23. The van der Waals surface area contributed by atoms with Gasteiger partial charge in [0.05, 0.1) is 6.10 Å². The predicted molar refractivity (Wildman–Crippen MR) is 134 cm³/mol. The predicted octanol–water partition coefficient (Wildman–Crippen LogP) is 6.69. The summed E-state index contributed by atoms with van der Waals surface area (Å²) in [6.45, 7) is 17.7. The van der Waals surface area contributed by atoms with Crippen LogP contribution >= 0.6 is 0 Å². The van der Waals surface area contributed by atoms with Crippen LogP contribution in [0.3, 0.4) is 0 Å². The molecule has 33 heavy (non-hydrogen) atoms. The lowest BCUT2D eigenvalue weighted by atomic mass is 9.40. The Morgan fingerprint density at radius 3 is 2.42 bits per heavy atom. The van der Waals surface area contributed by atoms with Gasteiger partial charge in [-0.25, -0.2) is 0 Å². The van der Waals surface area contributed by atoms with Gasteiger partial charge in [0.15, 0.2) is 5.78 Å². The zero-order valence-electron chi connectivity index (χ0n) is 22.3. The second-order valence-electron chi connectivity index (χ2n) is 13.6. The van der Waals surface area contributed by atoms with E-state index in [1.807, 2.05) is 13.8 Å². The number of hydrogen-bond donors (Lipinski definition) is 1. The van der Waals surface area contributed by atoms with Gasteiger partial charge in [-0.2, -0.15) is 0 Å². The van der Waals surface area contributed by atoms with Gasteiger partial charge in [-0.3, -0.25) is 9.59 Å². The fraction of sp³-hybridized carbons (Fsp3) is 0.800. The van der Waals surface area contributed by atoms with Gasteiger partial charge in [0.2, 0.25) is 0 Å². The van der Waals surface area contributed by atoms with Gasteiger partial charge in [-0.15, -0.1) is 0 Å². The second-order valence-corrected chi connectivity index (χ2v) is 13.6. The van der Waals surface area contributed by atoms with E-state index in [1.54, 1.807) is 6.08 Å². The maximum atomic E-state index is 12.8. The van der Waals surface area contributed by atoms with Crippen LogP contribution in [0.15, 0.2) is 23.3 Å². The van der Waals surface area contributed by atoms with E-state index < -0.39 is 11.5 Å². The van der Waals surface area contributed by atoms with E-state index in [4.69, 9.17) is 0 Å². The van der Waals surface area contributed by atoms with Gasteiger partial charge in [0.25, 0.3) is 0 Å². The van der Waals surface area contributed by atoms with Crippen LogP contribution in [0.2, 0.25) is 0 Å². The second kappa shape index (κ2) is 7.90. The Hall–Kier alpha value is -1.22. The van der Waals surface area contributed by atoms with Crippen molar-refractivity contribution in [3.63, 3.8) is 0 Å². The monoisotopic (exact) mass is 454 g/mol. The Morgan fingerprint density at radius 2 is 1.79 bits per heavy atom. The van der Waals surface area contributed by atoms with Gasteiger partial charge in [0.1, 0.15) is 5.78 Å². The third-order valence-electron chi connectivity index (χ3n) is 11.2. The van der Waals surface area contributed by atoms with E-state index in [0.29, 0.717) is 36.4 Å². The average Bonchev–Trinajstić information content (AvgIpc) is 2.96. The number of ketones is 2. The van der Waals surface area contributed by atoms with Crippen LogP contribution in [0.25, 0.3) is 0 Å². The zero-order chi connectivity index (χ0) is 24.6. The summed E-state index contributed by atoms with van der Waals surface area (Å²) >= 11 is 0. The maximum absolute atomic E-state index is 12.8. The molecule has 4 rings (SSSR count). The lowest BCUT2D eigenvalue weighted by Crippen LogP contribution is -2.60. The number of carbonyl (C=O) groups excluding carboxylic acids is 2. The van der Waals surface area contributed by atoms with Gasteiger partial charge in [-0.1, -0.05) is 58.8 Å². The van der Waals surface area contributed by atoms with E-state index in [9.17, 15) is 14.7 Å². The van der Waals surface area contributed by atoms with Crippen LogP contribution in [0.5, 0.6) is 0 Å². The maximum Gasteiger partial charge on any atom is 0.155 e. The topological polar surface area (TPSA) is 54.4 Å². The molecule has 0 bridgehead atoms. The van der Waals surface area contributed by atoms with Crippen LogP contribution in [0.1, 0.15) is 100 Å². The highest BCUT2D eigenvalue weighted by atomic mass is 16.3. The van der Waals surface area contributed by atoms with Crippen molar-refractivity contribution >= 4 is 11.6 Å². The van der Waals surface area contributed by atoms with Crippen molar-refractivity contribution in [3.8, 4) is 0 Å². The standard InChI is InChI=1S/C30H46O3/c1-18(2)15-20(31)16-19(3)21-9-13-30(8)23-17-24(32)26-27(4,5)25(33)11-12-28(26,6)22(23)10-14-29(21,30)7/h15,17,19,21-22,24,26,32H,9-14,16H2,1-8H3/t19-,21-,22-,24+,26-,28+,29-,30+/m0/s1. The van der Waals surface area contributed by atoms with Crippen LogP contribution in [-0.4, -0.2) is 22.8 Å². The fourth-order valence-electron chi connectivity index (χ4n) is 9.46. The summed E-state index contributed by atoms with van der Waals surface area (Å²) in [5, 5.41) is 11.5. The Morgan fingerprint density at radius 1 is 1.12 bits per heavy atom. The number of Topliss-reactive ketones (excluding diaryl/α,β-unsaturated/α-hetero) is 1. The van der Waals surface area contributed by atoms with E-state index in [0.717, 1.165) is 31.3 Å². The molecule has 3 heteroatoms. The Kier molecular flexibility index (Phi) is 5.96. The fourth-order valence-corrected chi connectivity index (χ4v) is 9.46. The minimum atomic E-state index is -0.560. The first-order valence-corrected chi connectivity index (χ1v) is 13.3. The smallest absolute Gasteiger partial charge is 0.155 e. The Labute approximate surface area is 201 Å². The summed E-state index contributed by atoms with van der Waals surface area (Å²) in [6.07, 6.45) is 10.2. The average molecular weight is 455 g/mol. The first-order valence-electron chi connectivity index (χ1n) is 13.3. The van der Waals surface area contributed by atoms with Crippen LogP contribution in [0.4, 0.5) is 0 Å². The van der Waals surface area contributed by atoms with E-state index in [-0.39, 0.29) is 27.9 Å². The van der Waals surface area contributed by atoms with E-state index >= 15 is 0 Å². The van der Waals surface area contributed by atoms with Crippen molar-refractivity contribution in [1.82, 2.24) is 0 Å². The molecular formula is C30H46O3. The SMILES string of the molecule is CC(C)=CC(=O)C[C@H](C)[C@@H]1CC[C@]2(C)C3=C[C@@H](O)[C@H]4C(C)(C)C(=O)CC[C@]4(C)[C@H]3CC[C@@]12C. The minimum absolute atomic E-state index is 0.00854. The third-order valence-corrected chi connectivity index (χ3v) is 11.2. The van der Waals surface area contributed by atoms with Crippen molar-refractivity contribution < 1.29 is 14.7 Å². The summed E-state index contributed by atoms with van der Waals surface area (Å²) in [6, 6.07) is 0. The molecule has 0 aromatic carbocycles. The number of aliphatic hydroxyl groups is 1. The van der Waals surface area contributed by atoms with Gasteiger partial charge in [-0.05, 0) is 86.0 Å². The molecular weight excluding hydrogens is 408 g/mol. The zero-order valence-corrected chi connectivity index (χ0v) is 22.3. The molecule has 0 unspecified atom stereocenters. The largest absolute Gasteiger partial charge is 0.389 e. The molecule has 1 N–H and O–H groups in total. The molecule has 4 aliphatic rings. The number of hydrogen-bond acceptors (Lipinski definition) is 3. The van der Waals surface area contributed by atoms with Gasteiger partial charge >= 0.3 is 0 Å². The molecule has 0 aliphatic heterocycles. The molecule has 0 aromatic heterocycles. The van der Waals surface area contributed by atoms with Crippen molar-refractivity contribution in [3.05, 3.63) is 23.3 Å². The lowest BCUT2D eigenvalue weighted by Gasteiger charge is -2.64. The first-order chi connectivity index (χ1) is 15.2. The van der Waals surface area contributed by atoms with Crippen LogP contribution < -0.4 is 0 Å². The minimum Gasteiger partial charge on any atom is -0.389 e. The summed E-state index contributed by atoms with van der Waals surface area (Å²) in [4.78, 5) is 25.4. The molecule has 184 valence electrons. The number of fused-ring (bicyclic) bond motifs is 5. The molecule has 0 spiro atoms. The molecule has 0 saturated heterocycles. The van der Waals surface area contributed by atoms with Crippen molar-refractivity contribution in [2.45, 2.75) is 106 Å².